The number of piperidine rings is 1. The number of nitrogens with zero attached hydrogens (tertiary/aromatic N) is 1. The SMILES string of the molecule is CNCC1CCCN(c2cc(Br)ccc2C(N)=O)C1. The minimum Gasteiger partial charge on any atom is -0.371 e. The number of nitrogens with two attached hydrogens (primary N) is 1. The Labute approximate surface area is 122 Å². The molecule has 104 valence electrons. The number of halogens is 1. The van der Waals surface area contributed by atoms with Gasteiger partial charge in [-0.15, -0.1) is 0 Å². The number of carbonyl (C=O) groups is 1. The number of nitrogens with one attached hydrogen (secondary N) is 1. The van der Waals surface area contributed by atoms with Gasteiger partial charge in [-0.25, -0.2) is 0 Å². The van der Waals surface area contributed by atoms with Crippen LogP contribution < -0.4 is 16.0 Å². The third-order valence-electron chi connectivity index (χ3n) is 3.58. The van der Waals surface area contributed by atoms with Gasteiger partial charge in [0.05, 0.1) is 11.3 Å². The number of amides is 1. The fourth-order valence-electron chi connectivity index (χ4n) is 2.71. The lowest BCUT2D eigenvalue weighted by atomic mass is 9.96. The van der Waals surface area contributed by atoms with Crippen molar-refractivity contribution in [1.82, 2.24) is 5.32 Å². The standard InChI is InChI=1S/C14H20BrN3O/c1-17-8-10-3-2-6-18(9-10)13-7-11(15)4-5-12(13)14(16)19/h4-5,7,10,17H,2-3,6,8-9H2,1H3,(H2,16,19). The van der Waals surface area contributed by atoms with Crippen molar-refractivity contribution in [2.75, 3.05) is 31.6 Å². The van der Waals surface area contributed by atoms with Gasteiger partial charge in [0.1, 0.15) is 0 Å². The molecule has 19 heavy (non-hydrogen) atoms. The summed E-state index contributed by atoms with van der Waals surface area (Å²) in [5.41, 5.74) is 7.02. The van der Waals surface area contributed by atoms with Crippen LogP contribution in [0, 0.1) is 5.92 Å². The van der Waals surface area contributed by atoms with Crippen LogP contribution in [0.25, 0.3) is 0 Å². The fraction of sp³-hybridized carbons (Fsp3) is 0.500. The first-order valence-electron chi connectivity index (χ1n) is 6.60. The van der Waals surface area contributed by atoms with E-state index in [0.717, 1.165) is 36.2 Å². The summed E-state index contributed by atoms with van der Waals surface area (Å²) < 4.78 is 0.975. The van der Waals surface area contributed by atoms with E-state index in [-0.39, 0.29) is 5.91 Å². The number of hydrogen-bond donors (Lipinski definition) is 2. The molecule has 1 fully saturated rings. The van der Waals surface area contributed by atoms with Crippen LogP contribution in [0.2, 0.25) is 0 Å². The Hall–Kier alpha value is -1.07. The summed E-state index contributed by atoms with van der Waals surface area (Å²) in [6.45, 7) is 2.96. The van der Waals surface area contributed by atoms with Crippen molar-refractivity contribution >= 4 is 27.5 Å². The molecule has 1 unspecified atom stereocenters. The van der Waals surface area contributed by atoms with E-state index in [4.69, 9.17) is 5.73 Å². The maximum Gasteiger partial charge on any atom is 0.250 e. The Morgan fingerprint density at radius 1 is 1.58 bits per heavy atom. The van der Waals surface area contributed by atoms with Crippen molar-refractivity contribution in [1.29, 1.82) is 0 Å². The zero-order chi connectivity index (χ0) is 13.8. The molecule has 1 aromatic rings. The van der Waals surface area contributed by atoms with Gasteiger partial charge in [0.2, 0.25) is 0 Å². The zero-order valence-electron chi connectivity index (χ0n) is 11.2. The second-order valence-electron chi connectivity index (χ2n) is 5.04. The maximum atomic E-state index is 11.6. The topological polar surface area (TPSA) is 58.4 Å². The number of anilines is 1. The molecule has 1 aliphatic heterocycles. The minimum atomic E-state index is -0.363. The molecular formula is C14H20BrN3O. The van der Waals surface area contributed by atoms with Gasteiger partial charge in [0.25, 0.3) is 5.91 Å². The average molecular weight is 326 g/mol. The normalized spacial score (nSPS) is 19.5. The lowest BCUT2D eigenvalue weighted by Crippen LogP contribution is -2.40. The van der Waals surface area contributed by atoms with Gasteiger partial charge >= 0.3 is 0 Å². The molecule has 1 heterocycles. The van der Waals surface area contributed by atoms with Crippen molar-refractivity contribution in [3.8, 4) is 0 Å². The van der Waals surface area contributed by atoms with Crippen LogP contribution in [-0.4, -0.2) is 32.6 Å². The third kappa shape index (κ3) is 3.48. The molecule has 5 heteroatoms. The molecule has 2 rings (SSSR count). The summed E-state index contributed by atoms with van der Waals surface area (Å²) >= 11 is 3.47. The number of primary amides is 1. The summed E-state index contributed by atoms with van der Waals surface area (Å²) in [4.78, 5) is 13.8. The Morgan fingerprint density at radius 2 is 2.37 bits per heavy atom. The van der Waals surface area contributed by atoms with Crippen molar-refractivity contribution in [2.24, 2.45) is 11.7 Å². The van der Waals surface area contributed by atoms with Crippen LogP contribution >= 0.6 is 15.9 Å². The Balaban J connectivity index is 2.24. The Morgan fingerprint density at radius 3 is 3.05 bits per heavy atom. The van der Waals surface area contributed by atoms with Crippen LogP contribution in [0.1, 0.15) is 23.2 Å². The van der Waals surface area contributed by atoms with Crippen LogP contribution in [0.15, 0.2) is 22.7 Å². The third-order valence-corrected chi connectivity index (χ3v) is 4.07. The molecule has 4 nitrogen and oxygen atoms in total. The van der Waals surface area contributed by atoms with E-state index in [2.05, 4.69) is 26.1 Å². The van der Waals surface area contributed by atoms with Gasteiger partial charge in [-0.2, -0.15) is 0 Å². The van der Waals surface area contributed by atoms with Crippen molar-refractivity contribution in [3.63, 3.8) is 0 Å². The number of rotatable bonds is 4. The molecule has 0 spiro atoms. The molecule has 1 saturated heterocycles. The first kappa shape index (κ1) is 14.3. The Kier molecular flexibility index (Phi) is 4.82. The molecule has 1 aromatic carbocycles. The van der Waals surface area contributed by atoms with E-state index in [1.165, 1.54) is 6.42 Å². The monoisotopic (exact) mass is 325 g/mol. The highest BCUT2D eigenvalue weighted by Crippen LogP contribution is 2.29. The smallest absolute Gasteiger partial charge is 0.250 e. The van der Waals surface area contributed by atoms with Gasteiger partial charge in [0.15, 0.2) is 0 Å². The maximum absolute atomic E-state index is 11.6. The highest BCUT2D eigenvalue weighted by atomic mass is 79.9. The zero-order valence-corrected chi connectivity index (χ0v) is 12.7. The average Bonchev–Trinajstić information content (AvgIpc) is 2.39. The van der Waals surface area contributed by atoms with E-state index in [1.807, 2.05) is 19.2 Å². The van der Waals surface area contributed by atoms with Crippen LogP contribution in [-0.2, 0) is 0 Å². The first-order valence-corrected chi connectivity index (χ1v) is 7.40. The van der Waals surface area contributed by atoms with Gasteiger partial charge in [-0.1, -0.05) is 15.9 Å². The largest absolute Gasteiger partial charge is 0.371 e. The van der Waals surface area contributed by atoms with Crippen LogP contribution in [0.5, 0.6) is 0 Å². The molecule has 1 aliphatic rings. The van der Waals surface area contributed by atoms with Crippen LogP contribution in [0.3, 0.4) is 0 Å². The first-order chi connectivity index (χ1) is 9.11. The van der Waals surface area contributed by atoms with Gasteiger partial charge < -0.3 is 16.0 Å². The molecule has 0 saturated carbocycles. The summed E-state index contributed by atoms with van der Waals surface area (Å²) in [7, 11) is 1.98. The van der Waals surface area contributed by atoms with E-state index in [0.29, 0.717) is 11.5 Å². The summed E-state index contributed by atoms with van der Waals surface area (Å²) in [6.07, 6.45) is 2.38. The van der Waals surface area contributed by atoms with Crippen molar-refractivity contribution in [3.05, 3.63) is 28.2 Å². The Bertz CT molecular complexity index is 462. The minimum absolute atomic E-state index is 0.363. The number of benzene rings is 1. The van der Waals surface area contributed by atoms with E-state index < -0.39 is 0 Å². The molecular weight excluding hydrogens is 306 g/mol. The summed E-state index contributed by atoms with van der Waals surface area (Å²) in [5, 5.41) is 3.23. The summed E-state index contributed by atoms with van der Waals surface area (Å²) in [5.74, 6) is 0.261. The molecule has 3 N–H and O–H groups in total. The number of hydrogen-bond acceptors (Lipinski definition) is 3. The lowest BCUT2D eigenvalue weighted by Gasteiger charge is -2.35. The molecule has 0 radical (unpaired) electrons. The molecule has 1 atom stereocenters. The fourth-order valence-corrected chi connectivity index (χ4v) is 3.06. The quantitative estimate of drug-likeness (QED) is 0.890. The predicted molar refractivity (Wildman–Crippen MR) is 81.5 cm³/mol. The van der Waals surface area contributed by atoms with Crippen molar-refractivity contribution in [2.45, 2.75) is 12.8 Å². The highest BCUT2D eigenvalue weighted by molar-refractivity contribution is 9.10. The second-order valence-corrected chi connectivity index (χ2v) is 5.95. The molecule has 0 aromatic heterocycles. The summed E-state index contributed by atoms with van der Waals surface area (Å²) in [6, 6.07) is 5.64. The van der Waals surface area contributed by atoms with Gasteiger partial charge in [-0.3, -0.25) is 4.79 Å². The van der Waals surface area contributed by atoms with Gasteiger partial charge in [0, 0.05) is 17.6 Å². The molecule has 0 aliphatic carbocycles. The predicted octanol–water partition coefficient (Wildman–Crippen LogP) is 1.98. The van der Waals surface area contributed by atoms with Crippen LogP contribution in [0.4, 0.5) is 5.69 Å². The molecule has 1 amide bonds. The van der Waals surface area contributed by atoms with Crippen molar-refractivity contribution < 1.29 is 4.79 Å². The van der Waals surface area contributed by atoms with E-state index >= 15 is 0 Å². The lowest BCUT2D eigenvalue weighted by molar-refractivity contribution is 0.100. The van der Waals surface area contributed by atoms with Gasteiger partial charge in [-0.05, 0) is 50.6 Å². The van der Waals surface area contributed by atoms with E-state index in [9.17, 15) is 4.79 Å². The highest BCUT2D eigenvalue weighted by Gasteiger charge is 2.22. The number of carbonyl (C=O) groups excluding carboxylic acids is 1. The second kappa shape index (κ2) is 6.39. The van der Waals surface area contributed by atoms with E-state index in [1.54, 1.807) is 6.07 Å². The molecule has 0 bridgehead atoms.